The first-order valence-electron chi connectivity index (χ1n) is 6.70. The number of benzene rings is 1. The Kier molecular flexibility index (Phi) is 3.48. The summed E-state index contributed by atoms with van der Waals surface area (Å²) in [6, 6.07) is 5.50. The van der Waals surface area contributed by atoms with E-state index < -0.39 is 5.97 Å². The maximum atomic E-state index is 11.1. The molecule has 0 saturated carbocycles. The number of carboxylic acids is 1. The second-order valence-corrected chi connectivity index (χ2v) is 4.91. The van der Waals surface area contributed by atoms with Gasteiger partial charge >= 0.3 is 5.97 Å². The number of aromatic nitrogens is 1. The number of carboxylic acid groups (broad SMARTS) is 1. The number of rotatable bonds is 3. The van der Waals surface area contributed by atoms with Gasteiger partial charge in [0.05, 0.1) is 6.42 Å². The second kappa shape index (κ2) is 5.44. The third kappa shape index (κ3) is 2.67. The van der Waals surface area contributed by atoms with Crippen molar-refractivity contribution in [2.45, 2.75) is 13.3 Å². The molecule has 1 aliphatic rings. The monoisotopic (exact) mass is 285 g/mol. The Morgan fingerprint density at radius 1 is 1.24 bits per heavy atom. The van der Waals surface area contributed by atoms with Gasteiger partial charge in [0.25, 0.3) is 0 Å². The lowest BCUT2D eigenvalue weighted by atomic mass is 9.95. The van der Waals surface area contributed by atoms with E-state index in [-0.39, 0.29) is 6.42 Å². The average Bonchev–Trinajstić information content (AvgIpc) is 2.47. The van der Waals surface area contributed by atoms with Gasteiger partial charge in [0.15, 0.2) is 11.5 Å². The molecule has 1 aromatic heterocycles. The Balaban J connectivity index is 2.17. The molecule has 0 bridgehead atoms. The van der Waals surface area contributed by atoms with Crippen LogP contribution in [0, 0.1) is 6.92 Å². The van der Waals surface area contributed by atoms with Gasteiger partial charge in [0, 0.05) is 12.4 Å². The molecule has 1 aliphatic heterocycles. The summed E-state index contributed by atoms with van der Waals surface area (Å²) in [5.41, 5.74) is 3.50. The molecule has 0 radical (unpaired) electrons. The van der Waals surface area contributed by atoms with Crippen LogP contribution in [-0.2, 0) is 11.2 Å². The molecule has 108 valence electrons. The second-order valence-electron chi connectivity index (χ2n) is 4.91. The number of fused-ring (bicyclic) bond motifs is 1. The van der Waals surface area contributed by atoms with Crippen molar-refractivity contribution < 1.29 is 19.4 Å². The SMILES string of the molecule is Cc1cnccc1-c1cc2c(cc1CC(=O)O)OCCO2. The van der Waals surface area contributed by atoms with E-state index >= 15 is 0 Å². The highest BCUT2D eigenvalue weighted by Crippen LogP contribution is 2.38. The molecule has 1 aromatic carbocycles. The third-order valence-corrected chi connectivity index (χ3v) is 3.42. The van der Waals surface area contributed by atoms with Gasteiger partial charge in [-0.3, -0.25) is 9.78 Å². The Labute approximate surface area is 122 Å². The number of aliphatic carboxylic acids is 1. The smallest absolute Gasteiger partial charge is 0.307 e. The van der Waals surface area contributed by atoms with Gasteiger partial charge in [0.1, 0.15) is 13.2 Å². The van der Waals surface area contributed by atoms with E-state index in [2.05, 4.69) is 4.98 Å². The van der Waals surface area contributed by atoms with Crippen molar-refractivity contribution in [1.29, 1.82) is 0 Å². The molecule has 0 amide bonds. The van der Waals surface area contributed by atoms with E-state index in [1.807, 2.05) is 19.1 Å². The van der Waals surface area contributed by atoms with Crippen LogP contribution in [0.25, 0.3) is 11.1 Å². The third-order valence-electron chi connectivity index (χ3n) is 3.42. The van der Waals surface area contributed by atoms with Crippen molar-refractivity contribution in [3.8, 4) is 22.6 Å². The van der Waals surface area contributed by atoms with Crippen LogP contribution in [0.5, 0.6) is 11.5 Å². The number of aryl methyl sites for hydroxylation is 1. The highest BCUT2D eigenvalue weighted by Gasteiger charge is 2.19. The number of nitrogens with zero attached hydrogens (tertiary/aromatic N) is 1. The minimum atomic E-state index is -0.875. The van der Waals surface area contributed by atoms with Gasteiger partial charge in [0.2, 0.25) is 0 Å². The Bertz CT molecular complexity index is 697. The number of hydrogen-bond donors (Lipinski definition) is 1. The Morgan fingerprint density at radius 2 is 1.95 bits per heavy atom. The van der Waals surface area contributed by atoms with Gasteiger partial charge in [-0.1, -0.05) is 0 Å². The summed E-state index contributed by atoms with van der Waals surface area (Å²) >= 11 is 0. The lowest BCUT2D eigenvalue weighted by molar-refractivity contribution is -0.136. The summed E-state index contributed by atoms with van der Waals surface area (Å²) in [6.07, 6.45) is 3.40. The molecule has 0 fully saturated rings. The number of pyridine rings is 1. The summed E-state index contributed by atoms with van der Waals surface area (Å²) in [7, 11) is 0. The highest BCUT2D eigenvalue weighted by atomic mass is 16.6. The van der Waals surface area contributed by atoms with Crippen LogP contribution >= 0.6 is 0 Å². The minimum Gasteiger partial charge on any atom is -0.486 e. The molecule has 2 aromatic rings. The van der Waals surface area contributed by atoms with Crippen molar-refractivity contribution in [2.24, 2.45) is 0 Å². The van der Waals surface area contributed by atoms with Crippen LogP contribution in [0.15, 0.2) is 30.6 Å². The van der Waals surface area contributed by atoms with E-state index in [0.29, 0.717) is 30.3 Å². The summed E-state index contributed by atoms with van der Waals surface area (Å²) in [6.45, 7) is 2.93. The zero-order valence-electron chi connectivity index (χ0n) is 11.6. The number of ether oxygens (including phenoxy) is 2. The summed E-state index contributed by atoms with van der Waals surface area (Å²) in [5.74, 6) is 0.384. The molecule has 0 saturated heterocycles. The quantitative estimate of drug-likeness (QED) is 0.938. The van der Waals surface area contributed by atoms with Crippen LogP contribution < -0.4 is 9.47 Å². The first-order chi connectivity index (χ1) is 10.1. The van der Waals surface area contributed by atoms with Gasteiger partial charge in [-0.15, -0.1) is 0 Å². The molecule has 0 atom stereocenters. The molecule has 21 heavy (non-hydrogen) atoms. The molecule has 2 heterocycles. The standard InChI is InChI=1S/C16H15NO4/c1-10-9-17-3-2-12(10)13-8-15-14(20-4-5-21-15)6-11(13)7-16(18)19/h2-3,6,8-9H,4-5,7H2,1H3,(H,18,19). The van der Waals surface area contributed by atoms with Crippen LogP contribution in [0.2, 0.25) is 0 Å². The predicted octanol–water partition coefficient (Wildman–Crippen LogP) is 2.46. The van der Waals surface area contributed by atoms with E-state index in [0.717, 1.165) is 16.7 Å². The van der Waals surface area contributed by atoms with Crippen LogP contribution in [0.4, 0.5) is 0 Å². The first-order valence-corrected chi connectivity index (χ1v) is 6.70. The number of hydrogen-bond acceptors (Lipinski definition) is 4. The molecular formula is C16H15NO4. The van der Waals surface area contributed by atoms with Crippen molar-refractivity contribution in [3.05, 3.63) is 41.7 Å². The fourth-order valence-electron chi connectivity index (χ4n) is 2.47. The van der Waals surface area contributed by atoms with E-state index in [9.17, 15) is 4.79 Å². The van der Waals surface area contributed by atoms with Crippen molar-refractivity contribution >= 4 is 5.97 Å². The molecule has 0 aliphatic carbocycles. The fraction of sp³-hybridized carbons (Fsp3) is 0.250. The van der Waals surface area contributed by atoms with E-state index in [1.165, 1.54) is 0 Å². The maximum Gasteiger partial charge on any atom is 0.307 e. The topological polar surface area (TPSA) is 68.7 Å². The molecule has 0 unspecified atom stereocenters. The van der Waals surface area contributed by atoms with Crippen LogP contribution in [0.1, 0.15) is 11.1 Å². The van der Waals surface area contributed by atoms with Gasteiger partial charge in [-0.25, -0.2) is 0 Å². The Morgan fingerprint density at radius 3 is 2.62 bits per heavy atom. The van der Waals surface area contributed by atoms with Crippen LogP contribution in [-0.4, -0.2) is 29.3 Å². The van der Waals surface area contributed by atoms with Crippen molar-refractivity contribution in [1.82, 2.24) is 4.98 Å². The number of carbonyl (C=O) groups is 1. The summed E-state index contributed by atoms with van der Waals surface area (Å²) in [4.78, 5) is 15.2. The molecule has 1 N–H and O–H groups in total. The highest BCUT2D eigenvalue weighted by molar-refractivity contribution is 5.79. The average molecular weight is 285 g/mol. The largest absolute Gasteiger partial charge is 0.486 e. The fourth-order valence-corrected chi connectivity index (χ4v) is 2.47. The molecule has 5 heteroatoms. The first kappa shape index (κ1) is 13.4. The molecule has 0 spiro atoms. The van der Waals surface area contributed by atoms with Gasteiger partial charge in [-0.2, -0.15) is 0 Å². The normalized spacial score (nSPS) is 13.0. The molecular weight excluding hydrogens is 270 g/mol. The Hall–Kier alpha value is -2.56. The summed E-state index contributed by atoms with van der Waals surface area (Å²) in [5, 5.41) is 9.13. The lowest BCUT2D eigenvalue weighted by Gasteiger charge is -2.21. The zero-order chi connectivity index (χ0) is 14.8. The molecule has 3 rings (SSSR count). The van der Waals surface area contributed by atoms with E-state index in [1.54, 1.807) is 18.5 Å². The molecule has 5 nitrogen and oxygen atoms in total. The minimum absolute atomic E-state index is 0.0618. The predicted molar refractivity (Wildman–Crippen MR) is 76.7 cm³/mol. The summed E-state index contributed by atoms with van der Waals surface area (Å²) < 4.78 is 11.1. The zero-order valence-corrected chi connectivity index (χ0v) is 11.6. The van der Waals surface area contributed by atoms with Gasteiger partial charge < -0.3 is 14.6 Å². The van der Waals surface area contributed by atoms with Gasteiger partial charge in [-0.05, 0) is 47.4 Å². The van der Waals surface area contributed by atoms with E-state index in [4.69, 9.17) is 14.6 Å². The van der Waals surface area contributed by atoms with Crippen LogP contribution in [0.3, 0.4) is 0 Å². The maximum absolute atomic E-state index is 11.1. The van der Waals surface area contributed by atoms with Crippen molar-refractivity contribution in [3.63, 3.8) is 0 Å². The van der Waals surface area contributed by atoms with Crippen molar-refractivity contribution in [2.75, 3.05) is 13.2 Å². The lowest BCUT2D eigenvalue weighted by Crippen LogP contribution is -2.16.